The molecular formula is C28H70N11O3P5Si. The molecule has 0 unspecified atom stereocenters. The summed E-state index contributed by atoms with van der Waals surface area (Å²) in [6.45, 7) is 11.9. The van der Waals surface area contributed by atoms with Crippen molar-refractivity contribution in [2.75, 3.05) is 146 Å². The minimum atomic E-state index is -3.58. The molecule has 1 aromatic rings. The molecule has 0 amide bonds. The van der Waals surface area contributed by atoms with Gasteiger partial charge in [-0.1, -0.05) is 0 Å². The second kappa shape index (κ2) is 17.9. The van der Waals surface area contributed by atoms with E-state index in [1.54, 1.807) is 21.3 Å². The molecule has 20 heteroatoms. The van der Waals surface area contributed by atoms with Crippen molar-refractivity contribution in [3.8, 4) is 0 Å². The van der Waals surface area contributed by atoms with Crippen molar-refractivity contribution in [3.05, 3.63) is 29.8 Å². The van der Waals surface area contributed by atoms with E-state index in [0.29, 0.717) is 6.54 Å². The quantitative estimate of drug-likeness (QED) is 0.131. The van der Waals surface area contributed by atoms with Crippen molar-refractivity contribution in [1.82, 2.24) is 32.7 Å². The van der Waals surface area contributed by atoms with E-state index >= 15 is 0 Å². The second-order valence-corrected chi connectivity index (χ2v) is 35.2. The Hall–Kier alpha value is 0.387. The predicted octanol–water partition coefficient (Wildman–Crippen LogP) is 6.34. The van der Waals surface area contributed by atoms with Gasteiger partial charge in [-0.2, -0.15) is 0 Å². The van der Waals surface area contributed by atoms with Gasteiger partial charge in [0.25, 0.3) is 0 Å². The summed E-state index contributed by atoms with van der Waals surface area (Å²) in [7, 11) is 17.0. The molecule has 14 nitrogen and oxygen atoms in total. The summed E-state index contributed by atoms with van der Waals surface area (Å²) in [5, 5.41) is 0.913. The fourth-order valence-electron chi connectivity index (χ4n) is 5.28. The second-order valence-electron chi connectivity index (χ2n) is 14.0. The van der Waals surface area contributed by atoms with Gasteiger partial charge in [-0.05, 0) is 0 Å². The van der Waals surface area contributed by atoms with Crippen molar-refractivity contribution >= 4 is 51.1 Å². The first kappa shape index (κ1) is 46.4. The zero-order valence-corrected chi connectivity index (χ0v) is 39.5. The van der Waals surface area contributed by atoms with Crippen LogP contribution < -0.4 is 5.19 Å². The number of nitrogens with zero attached hydrogens (tertiary/aromatic N) is 11. The van der Waals surface area contributed by atoms with Crippen LogP contribution >= 0.6 is 37.1 Å². The van der Waals surface area contributed by atoms with Crippen LogP contribution in [0.4, 0.5) is 0 Å². The maximum atomic E-state index is 6.07. The Morgan fingerprint density at radius 3 is 1.17 bits per heavy atom. The zero-order valence-electron chi connectivity index (χ0n) is 33.9. The van der Waals surface area contributed by atoms with Crippen LogP contribution in [0.5, 0.6) is 0 Å². The van der Waals surface area contributed by atoms with Crippen LogP contribution in [0.3, 0.4) is 0 Å². The topological polar surface area (TPSA) is 99.8 Å². The fourth-order valence-corrected chi connectivity index (χ4v) is 27.5. The molecule has 0 N–H and O–H groups in total. The van der Waals surface area contributed by atoms with Gasteiger partial charge in [-0.15, -0.1) is 0 Å². The van der Waals surface area contributed by atoms with Crippen molar-refractivity contribution in [2.45, 2.75) is 6.54 Å². The molecule has 0 heterocycles. The standard InChI is InChI=1S/C28H70N11O3P5Si/c1-33(2)44(20,34(3)4)30-46(29-43(17,18)19,31-45(21,35(5)6)36(7)8)32-47(37(9)10,38(11)12)39(13)26-27-22-24-28(25-23-27)48(40-14,41-15)42-16/h22-25,46H,26H2,1-21H3. The Bertz CT molecular complexity index is 1340. The van der Waals surface area contributed by atoms with Crippen LogP contribution in [0.15, 0.2) is 42.3 Å². The van der Waals surface area contributed by atoms with Gasteiger partial charge in [0.2, 0.25) is 0 Å². The summed E-state index contributed by atoms with van der Waals surface area (Å²) < 4.78 is 56.7. The van der Waals surface area contributed by atoms with Crippen LogP contribution in [-0.4, -0.2) is 188 Å². The molecule has 0 aliphatic rings. The van der Waals surface area contributed by atoms with Gasteiger partial charge >= 0.3 is 298 Å². The van der Waals surface area contributed by atoms with Crippen molar-refractivity contribution in [1.29, 1.82) is 0 Å². The van der Waals surface area contributed by atoms with E-state index in [0.717, 1.165) is 10.8 Å². The van der Waals surface area contributed by atoms with E-state index in [1.807, 2.05) is 12.1 Å². The third-order valence-corrected chi connectivity index (χ3v) is 31.2. The van der Waals surface area contributed by atoms with Gasteiger partial charge in [0, 0.05) is 0 Å². The van der Waals surface area contributed by atoms with Crippen molar-refractivity contribution in [2.24, 2.45) is 18.1 Å². The average Bonchev–Trinajstić information content (AvgIpc) is 2.96. The first-order chi connectivity index (χ1) is 21.8. The number of rotatable bonds is 17. The summed E-state index contributed by atoms with van der Waals surface area (Å²) >= 11 is 0. The number of hydrogen-bond acceptors (Lipinski definition) is 7. The molecule has 0 fully saturated rings. The monoisotopic (exact) mass is 791 g/mol. The fraction of sp³-hybridized carbons (Fsp3) is 0.786. The minimum absolute atomic E-state index is 0.645. The van der Waals surface area contributed by atoms with Gasteiger partial charge in [0.1, 0.15) is 0 Å². The molecule has 0 spiro atoms. The van der Waals surface area contributed by atoms with Gasteiger partial charge in [-0.3, -0.25) is 0 Å². The molecule has 0 atom stereocenters. The van der Waals surface area contributed by atoms with E-state index in [1.165, 1.54) is 0 Å². The predicted molar refractivity (Wildman–Crippen MR) is 222 cm³/mol. The van der Waals surface area contributed by atoms with Gasteiger partial charge in [0.15, 0.2) is 0 Å². The molecular weight excluding hydrogens is 721 g/mol. The summed E-state index contributed by atoms with van der Waals surface area (Å²) in [5.74, 6) is 0. The summed E-state index contributed by atoms with van der Waals surface area (Å²) in [6, 6.07) is 8.34. The van der Waals surface area contributed by atoms with E-state index in [-0.39, 0.29) is 0 Å². The first-order valence-electron chi connectivity index (χ1n) is 15.7. The maximum absolute atomic E-state index is 6.07. The van der Waals surface area contributed by atoms with E-state index < -0.39 is 45.9 Å². The Balaban J connectivity index is 4.51. The Labute approximate surface area is 297 Å². The summed E-state index contributed by atoms with van der Waals surface area (Å²) in [6.07, 6.45) is 0. The molecule has 48 heavy (non-hydrogen) atoms. The van der Waals surface area contributed by atoms with E-state index in [2.05, 4.69) is 170 Å². The molecule has 0 aliphatic heterocycles. The van der Waals surface area contributed by atoms with Crippen LogP contribution in [0, 0.1) is 0 Å². The van der Waals surface area contributed by atoms with Gasteiger partial charge in [-0.25, -0.2) is 0 Å². The third kappa shape index (κ3) is 10.5. The first-order valence-corrected chi connectivity index (χ1v) is 28.1. The van der Waals surface area contributed by atoms with Crippen molar-refractivity contribution in [3.63, 3.8) is 0 Å². The number of benzene rings is 1. The SMILES string of the molecule is CO[Si](OC)(OC)c1ccc(CN(C)P(=N[PH](N=P(C)(C)C)(N=P(C)(N(C)C)N(C)C)N=P(C)(N(C)C)N(C)C)(N(C)C)N(C)C)cc1. The van der Waals surface area contributed by atoms with Gasteiger partial charge in [0.05, 0.1) is 0 Å². The van der Waals surface area contributed by atoms with Crippen LogP contribution in [0.2, 0.25) is 0 Å². The Kier molecular flexibility index (Phi) is 17.3. The van der Waals surface area contributed by atoms with Crippen LogP contribution in [0.25, 0.3) is 0 Å². The normalized spacial score (nSPS) is 14.7. The molecule has 0 radical (unpaired) electrons. The molecule has 0 saturated carbocycles. The van der Waals surface area contributed by atoms with Crippen LogP contribution in [-0.2, 0) is 19.8 Å². The molecule has 1 aromatic carbocycles. The zero-order chi connectivity index (χ0) is 37.7. The summed E-state index contributed by atoms with van der Waals surface area (Å²) in [5.41, 5.74) is 1.13. The molecule has 284 valence electrons. The molecule has 0 aliphatic carbocycles. The summed E-state index contributed by atoms with van der Waals surface area (Å²) in [4.78, 5) is 0. The van der Waals surface area contributed by atoms with Crippen LogP contribution in [0.1, 0.15) is 5.56 Å². The molecule has 0 saturated heterocycles. The number of hydrogen-bond donors (Lipinski definition) is 0. The average molecular weight is 792 g/mol. The molecule has 0 bridgehead atoms. The molecule has 1 rings (SSSR count). The van der Waals surface area contributed by atoms with Crippen molar-refractivity contribution < 1.29 is 13.3 Å². The third-order valence-electron chi connectivity index (χ3n) is 8.44. The Morgan fingerprint density at radius 1 is 0.542 bits per heavy atom. The Morgan fingerprint density at radius 2 is 0.896 bits per heavy atom. The van der Waals surface area contributed by atoms with Gasteiger partial charge < -0.3 is 0 Å². The van der Waals surface area contributed by atoms with E-state index in [9.17, 15) is 0 Å². The van der Waals surface area contributed by atoms with E-state index in [4.69, 9.17) is 31.3 Å². The molecule has 0 aromatic heterocycles.